The fourth-order valence-corrected chi connectivity index (χ4v) is 2.51. The number of ether oxygens (including phenoxy) is 1. The molecule has 0 fully saturated rings. The highest BCUT2D eigenvalue weighted by atomic mass is 35.5. The van der Waals surface area contributed by atoms with E-state index in [0.29, 0.717) is 17.1 Å². The van der Waals surface area contributed by atoms with E-state index in [1.165, 1.54) is 5.56 Å². The van der Waals surface area contributed by atoms with Crippen LogP contribution in [0.4, 0.5) is 0 Å². The minimum Gasteiger partial charge on any atom is -0.493 e. The number of carbonyl (C=O) groups excluding carboxylic acids is 1. The maximum absolute atomic E-state index is 12.1. The smallest absolute Gasteiger partial charge is 0.252 e. The molecule has 0 bridgehead atoms. The summed E-state index contributed by atoms with van der Waals surface area (Å²) in [4.78, 5) is 12.1. The van der Waals surface area contributed by atoms with Crippen molar-refractivity contribution in [1.29, 1.82) is 0 Å². The Morgan fingerprint density at radius 3 is 2.65 bits per heavy atom. The number of halogens is 1. The minimum atomic E-state index is -0.133. The molecule has 0 aliphatic rings. The second kappa shape index (κ2) is 9.21. The van der Waals surface area contributed by atoms with Crippen LogP contribution >= 0.6 is 11.6 Å². The van der Waals surface area contributed by atoms with Gasteiger partial charge in [-0.15, -0.1) is 0 Å². The lowest BCUT2D eigenvalue weighted by atomic mass is 10.1. The molecule has 1 amide bonds. The summed E-state index contributed by atoms with van der Waals surface area (Å²) in [6.45, 7) is 3.42. The molecule has 0 aliphatic carbocycles. The monoisotopic (exact) mass is 331 g/mol. The number of amides is 1. The fraction of sp³-hybridized carbons (Fsp3) is 0.316. The van der Waals surface area contributed by atoms with Crippen molar-refractivity contribution in [3.63, 3.8) is 0 Å². The van der Waals surface area contributed by atoms with Crippen molar-refractivity contribution in [2.24, 2.45) is 0 Å². The first-order valence-corrected chi connectivity index (χ1v) is 8.33. The Hall–Kier alpha value is -2.00. The van der Waals surface area contributed by atoms with E-state index < -0.39 is 0 Å². The molecule has 122 valence electrons. The summed E-state index contributed by atoms with van der Waals surface area (Å²) in [5, 5.41) is 3.38. The van der Waals surface area contributed by atoms with Gasteiger partial charge in [0.2, 0.25) is 0 Å². The third-order valence-corrected chi connectivity index (χ3v) is 3.79. The van der Waals surface area contributed by atoms with Gasteiger partial charge in [0.25, 0.3) is 5.91 Å². The lowest BCUT2D eigenvalue weighted by molar-refractivity contribution is 0.0953. The summed E-state index contributed by atoms with van der Waals surface area (Å²) in [5.74, 6) is 0.804. The van der Waals surface area contributed by atoms with E-state index in [1.807, 2.05) is 30.3 Å². The molecule has 0 unspecified atom stereocenters. The first-order valence-electron chi connectivity index (χ1n) is 7.95. The Balaban J connectivity index is 1.82. The SMILES string of the molecule is CCCOc1ccccc1CCCNC(=O)c1ccccc1Cl. The number of benzene rings is 2. The number of para-hydroxylation sites is 1. The number of carbonyl (C=O) groups is 1. The van der Waals surface area contributed by atoms with Crippen molar-refractivity contribution in [2.75, 3.05) is 13.2 Å². The molecule has 2 aromatic carbocycles. The van der Waals surface area contributed by atoms with Gasteiger partial charge in [0.15, 0.2) is 0 Å². The van der Waals surface area contributed by atoms with E-state index in [1.54, 1.807) is 12.1 Å². The normalized spacial score (nSPS) is 10.3. The second-order valence-corrected chi connectivity index (χ2v) is 5.70. The topological polar surface area (TPSA) is 38.3 Å². The Labute approximate surface area is 142 Å². The van der Waals surface area contributed by atoms with Gasteiger partial charge in [0.1, 0.15) is 5.75 Å². The van der Waals surface area contributed by atoms with E-state index in [4.69, 9.17) is 16.3 Å². The Bertz CT molecular complexity index is 643. The summed E-state index contributed by atoms with van der Waals surface area (Å²) < 4.78 is 5.74. The molecular formula is C19H22ClNO2. The summed E-state index contributed by atoms with van der Waals surface area (Å²) in [6, 6.07) is 15.1. The minimum absolute atomic E-state index is 0.133. The molecule has 2 rings (SSSR count). The molecule has 3 nitrogen and oxygen atoms in total. The number of nitrogens with one attached hydrogen (secondary N) is 1. The van der Waals surface area contributed by atoms with Crippen molar-refractivity contribution in [3.8, 4) is 5.75 Å². The van der Waals surface area contributed by atoms with Gasteiger partial charge >= 0.3 is 0 Å². The Kier molecular flexibility index (Phi) is 6.95. The molecule has 0 heterocycles. The van der Waals surface area contributed by atoms with Crippen LogP contribution in [0.5, 0.6) is 5.75 Å². The highest BCUT2D eigenvalue weighted by Gasteiger charge is 2.09. The molecule has 2 aromatic rings. The van der Waals surface area contributed by atoms with Crippen molar-refractivity contribution in [3.05, 3.63) is 64.7 Å². The predicted octanol–water partition coefficient (Wildman–Crippen LogP) is 4.49. The first kappa shape index (κ1) is 17.4. The van der Waals surface area contributed by atoms with Crippen LogP contribution in [0.15, 0.2) is 48.5 Å². The quantitative estimate of drug-likeness (QED) is 0.724. The van der Waals surface area contributed by atoms with E-state index in [9.17, 15) is 4.79 Å². The van der Waals surface area contributed by atoms with Crippen LogP contribution in [0.2, 0.25) is 5.02 Å². The summed E-state index contributed by atoms with van der Waals surface area (Å²) >= 11 is 6.02. The van der Waals surface area contributed by atoms with Crippen molar-refractivity contribution in [1.82, 2.24) is 5.32 Å². The Morgan fingerprint density at radius 1 is 1.13 bits per heavy atom. The van der Waals surface area contributed by atoms with E-state index in [0.717, 1.165) is 31.6 Å². The molecule has 0 atom stereocenters. The summed E-state index contributed by atoms with van der Waals surface area (Å²) in [7, 11) is 0. The zero-order valence-corrected chi connectivity index (χ0v) is 14.1. The van der Waals surface area contributed by atoms with Crippen molar-refractivity contribution >= 4 is 17.5 Å². The second-order valence-electron chi connectivity index (χ2n) is 5.30. The molecule has 0 spiro atoms. The largest absolute Gasteiger partial charge is 0.493 e. The lowest BCUT2D eigenvalue weighted by Crippen LogP contribution is -2.25. The maximum Gasteiger partial charge on any atom is 0.252 e. The van der Waals surface area contributed by atoms with Gasteiger partial charge in [0.05, 0.1) is 17.2 Å². The van der Waals surface area contributed by atoms with Crippen LogP contribution < -0.4 is 10.1 Å². The maximum atomic E-state index is 12.1. The van der Waals surface area contributed by atoms with E-state index in [-0.39, 0.29) is 5.91 Å². The standard InChI is InChI=1S/C19H22ClNO2/c1-2-14-23-18-12-6-3-8-15(18)9-7-13-21-19(22)16-10-4-5-11-17(16)20/h3-6,8,10-12H,2,7,9,13-14H2,1H3,(H,21,22). The van der Waals surface area contributed by atoms with Crippen LogP contribution in [0.25, 0.3) is 0 Å². The molecular weight excluding hydrogens is 310 g/mol. The number of hydrogen-bond donors (Lipinski definition) is 1. The molecule has 0 radical (unpaired) electrons. The molecule has 0 saturated carbocycles. The van der Waals surface area contributed by atoms with E-state index in [2.05, 4.69) is 18.3 Å². The van der Waals surface area contributed by atoms with Crippen LogP contribution in [0.3, 0.4) is 0 Å². The van der Waals surface area contributed by atoms with Gasteiger partial charge in [-0.05, 0) is 43.0 Å². The summed E-state index contributed by atoms with van der Waals surface area (Å²) in [5.41, 5.74) is 1.69. The van der Waals surface area contributed by atoms with Gasteiger partial charge < -0.3 is 10.1 Å². The fourth-order valence-electron chi connectivity index (χ4n) is 2.28. The molecule has 1 N–H and O–H groups in total. The van der Waals surface area contributed by atoms with Gasteiger partial charge in [-0.2, -0.15) is 0 Å². The zero-order chi connectivity index (χ0) is 16.5. The third-order valence-electron chi connectivity index (χ3n) is 3.46. The highest BCUT2D eigenvalue weighted by molar-refractivity contribution is 6.33. The summed E-state index contributed by atoms with van der Waals surface area (Å²) in [6.07, 6.45) is 2.70. The zero-order valence-electron chi connectivity index (χ0n) is 13.3. The molecule has 0 saturated heterocycles. The predicted molar refractivity (Wildman–Crippen MR) is 94.3 cm³/mol. The van der Waals surface area contributed by atoms with Crippen LogP contribution in [-0.2, 0) is 6.42 Å². The number of hydrogen-bond acceptors (Lipinski definition) is 2. The van der Waals surface area contributed by atoms with Gasteiger partial charge in [-0.3, -0.25) is 4.79 Å². The molecule has 0 aliphatic heterocycles. The van der Waals surface area contributed by atoms with Gasteiger partial charge in [0, 0.05) is 6.54 Å². The lowest BCUT2D eigenvalue weighted by Gasteiger charge is -2.11. The van der Waals surface area contributed by atoms with E-state index >= 15 is 0 Å². The van der Waals surface area contributed by atoms with Crippen molar-refractivity contribution < 1.29 is 9.53 Å². The van der Waals surface area contributed by atoms with Crippen LogP contribution in [0, 0.1) is 0 Å². The molecule has 0 aromatic heterocycles. The van der Waals surface area contributed by atoms with Gasteiger partial charge in [-0.25, -0.2) is 0 Å². The average Bonchev–Trinajstić information content (AvgIpc) is 2.58. The third kappa shape index (κ3) is 5.29. The number of rotatable bonds is 8. The van der Waals surface area contributed by atoms with Crippen molar-refractivity contribution in [2.45, 2.75) is 26.2 Å². The van der Waals surface area contributed by atoms with Crippen LogP contribution in [0.1, 0.15) is 35.7 Å². The highest BCUT2D eigenvalue weighted by Crippen LogP contribution is 2.19. The van der Waals surface area contributed by atoms with Gasteiger partial charge in [-0.1, -0.05) is 48.9 Å². The first-order chi connectivity index (χ1) is 11.2. The average molecular weight is 332 g/mol. The molecule has 4 heteroatoms. The number of aryl methyl sites for hydroxylation is 1. The Morgan fingerprint density at radius 2 is 1.87 bits per heavy atom. The molecule has 23 heavy (non-hydrogen) atoms. The van der Waals surface area contributed by atoms with Crippen LogP contribution in [-0.4, -0.2) is 19.1 Å².